The molecule has 0 fully saturated rings. The van der Waals surface area contributed by atoms with Gasteiger partial charge in [-0.05, 0) is 43.3 Å². The molecule has 11 nitrogen and oxygen atoms in total. The summed E-state index contributed by atoms with van der Waals surface area (Å²) in [7, 11) is -5.26. The van der Waals surface area contributed by atoms with Gasteiger partial charge in [0.15, 0.2) is 0 Å². The average molecular weight is 497 g/mol. The number of aromatic hydroxyl groups is 1. The van der Waals surface area contributed by atoms with Crippen LogP contribution < -0.4 is 25.4 Å². The SMILES string of the molecule is Cc1ncc(COP(=O)([O-])[O-])c(CNc2cc3cc(Oc4ccccc4)ccc3n(O)c2=O)c1O. The smallest absolute Gasteiger partial charge is 0.306 e. The standard InChI is InChI=1S/C23H22N3O8P/c1-14-22(27)19(16(11-24-14)13-33-35(30,31)32)12-25-20-10-15-9-18(34-17-5-3-2-4-6-17)7-8-21(15)26(29)23(20)28/h2-11,25,27,29H,12-13H2,1H3,(H2,30,31,32)/p-2. The van der Waals surface area contributed by atoms with Gasteiger partial charge in [0.1, 0.15) is 22.9 Å². The molecule has 4 aromatic rings. The number of ether oxygens (including phenoxy) is 1. The highest BCUT2D eigenvalue weighted by Crippen LogP contribution is 2.31. The van der Waals surface area contributed by atoms with Crippen molar-refractivity contribution in [3.63, 3.8) is 0 Å². The van der Waals surface area contributed by atoms with Gasteiger partial charge < -0.3 is 39.2 Å². The quantitative estimate of drug-likeness (QED) is 0.243. The Labute approximate surface area is 199 Å². The van der Waals surface area contributed by atoms with Crippen LogP contribution in [0.2, 0.25) is 0 Å². The van der Waals surface area contributed by atoms with Crippen LogP contribution in [0, 0.1) is 6.92 Å². The fourth-order valence-electron chi connectivity index (χ4n) is 3.43. The van der Waals surface area contributed by atoms with E-state index in [9.17, 15) is 29.5 Å². The fraction of sp³-hybridized carbons (Fsp3) is 0.130. The molecule has 2 heterocycles. The van der Waals surface area contributed by atoms with Crippen molar-refractivity contribution in [3.8, 4) is 17.2 Å². The van der Waals surface area contributed by atoms with E-state index in [1.807, 2.05) is 18.2 Å². The number of nitrogens with zero attached hydrogens (tertiary/aromatic N) is 2. The molecule has 0 saturated heterocycles. The number of phosphoric acid groups is 1. The molecule has 0 radical (unpaired) electrons. The molecule has 182 valence electrons. The van der Waals surface area contributed by atoms with Gasteiger partial charge >= 0.3 is 5.56 Å². The van der Waals surface area contributed by atoms with Crippen LogP contribution >= 0.6 is 7.82 Å². The van der Waals surface area contributed by atoms with Crippen LogP contribution in [0.3, 0.4) is 0 Å². The summed E-state index contributed by atoms with van der Waals surface area (Å²) in [6.45, 7) is 0.738. The van der Waals surface area contributed by atoms with Crippen molar-refractivity contribution in [2.24, 2.45) is 0 Å². The lowest BCUT2D eigenvalue weighted by Crippen LogP contribution is -2.22. The van der Waals surface area contributed by atoms with Gasteiger partial charge in [0.25, 0.3) is 0 Å². The maximum atomic E-state index is 12.7. The van der Waals surface area contributed by atoms with E-state index < -0.39 is 20.0 Å². The Morgan fingerprint density at radius 2 is 1.86 bits per heavy atom. The normalized spacial score (nSPS) is 11.5. The van der Waals surface area contributed by atoms with Crippen molar-refractivity contribution in [1.82, 2.24) is 9.71 Å². The Kier molecular flexibility index (Phi) is 6.77. The Morgan fingerprint density at radius 1 is 1.11 bits per heavy atom. The fourth-order valence-corrected chi connectivity index (χ4v) is 3.73. The van der Waals surface area contributed by atoms with E-state index in [1.54, 1.807) is 24.3 Å². The highest BCUT2D eigenvalue weighted by molar-refractivity contribution is 7.43. The number of nitrogens with one attached hydrogen (secondary N) is 1. The number of anilines is 1. The number of fused-ring (bicyclic) bond motifs is 1. The first-order valence-corrected chi connectivity index (χ1v) is 11.8. The maximum Gasteiger partial charge on any atom is 0.306 e. The second kappa shape index (κ2) is 9.77. The van der Waals surface area contributed by atoms with Crippen molar-refractivity contribution in [3.05, 3.63) is 88.0 Å². The molecule has 0 aliphatic rings. The Balaban J connectivity index is 1.64. The second-order valence-electron chi connectivity index (χ2n) is 7.58. The minimum absolute atomic E-state index is 0.00378. The van der Waals surface area contributed by atoms with E-state index >= 15 is 0 Å². The molecule has 35 heavy (non-hydrogen) atoms. The lowest BCUT2D eigenvalue weighted by Gasteiger charge is -2.29. The third-order valence-electron chi connectivity index (χ3n) is 5.19. The van der Waals surface area contributed by atoms with Crippen LogP contribution in [0.25, 0.3) is 10.9 Å². The molecular weight excluding hydrogens is 477 g/mol. The minimum atomic E-state index is -5.26. The first-order valence-electron chi connectivity index (χ1n) is 10.3. The van der Waals surface area contributed by atoms with E-state index in [0.717, 1.165) is 0 Å². The predicted molar refractivity (Wildman–Crippen MR) is 122 cm³/mol. The molecule has 0 bridgehead atoms. The Morgan fingerprint density at radius 3 is 2.57 bits per heavy atom. The van der Waals surface area contributed by atoms with E-state index in [4.69, 9.17) is 4.74 Å². The molecule has 2 aromatic heterocycles. The first-order chi connectivity index (χ1) is 16.6. The lowest BCUT2D eigenvalue weighted by molar-refractivity contribution is -0.342. The number of phosphoric ester groups is 1. The molecule has 2 aromatic carbocycles. The van der Waals surface area contributed by atoms with Crippen LogP contribution in [-0.2, 0) is 22.2 Å². The highest BCUT2D eigenvalue weighted by Gasteiger charge is 2.15. The van der Waals surface area contributed by atoms with Crippen LogP contribution in [0.15, 0.2) is 65.6 Å². The van der Waals surface area contributed by atoms with Crippen molar-refractivity contribution in [2.75, 3.05) is 5.32 Å². The molecule has 12 heteroatoms. The average Bonchev–Trinajstić information content (AvgIpc) is 2.82. The predicted octanol–water partition coefficient (Wildman–Crippen LogP) is 2.40. The van der Waals surface area contributed by atoms with Gasteiger partial charge in [0.2, 0.25) is 0 Å². The van der Waals surface area contributed by atoms with Crippen molar-refractivity contribution in [2.45, 2.75) is 20.1 Å². The summed E-state index contributed by atoms with van der Waals surface area (Å²) >= 11 is 0. The highest BCUT2D eigenvalue weighted by atomic mass is 31.2. The number of hydrogen-bond donors (Lipinski definition) is 3. The van der Waals surface area contributed by atoms with Gasteiger partial charge in [0, 0.05) is 29.3 Å². The number of rotatable bonds is 8. The largest absolute Gasteiger partial charge is 0.790 e. The third kappa shape index (κ3) is 5.61. The van der Waals surface area contributed by atoms with Gasteiger partial charge in [-0.3, -0.25) is 9.78 Å². The number of pyridine rings is 2. The van der Waals surface area contributed by atoms with E-state index in [1.165, 1.54) is 25.3 Å². The van der Waals surface area contributed by atoms with Gasteiger partial charge in [-0.1, -0.05) is 18.2 Å². The zero-order valence-corrected chi connectivity index (χ0v) is 19.3. The molecule has 0 aliphatic heterocycles. The second-order valence-corrected chi connectivity index (χ2v) is 8.73. The molecule has 0 amide bonds. The zero-order chi connectivity index (χ0) is 25.2. The number of benzene rings is 2. The summed E-state index contributed by atoms with van der Waals surface area (Å²) in [6.07, 6.45) is 1.26. The molecule has 0 saturated carbocycles. The van der Waals surface area contributed by atoms with Gasteiger partial charge in [-0.25, -0.2) is 0 Å². The maximum absolute atomic E-state index is 12.7. The molecule has 0 unspecified atom stereocenters. The van der Waals surface area contributed by atoms with E-state index in [-0.39, 0.29) is 40.3 Å². The van der Waals surface area contributed by atoms with Crippen LogP contribution in [0.1, 0.15) is 16.8 Å². The minimum Gasteiger partial charge on any atom is -0.790 e. The number of aryl methyl sites for hydroxylation is 1. The number of hydrogen-bond acceptors (Lipinski definition) is 10. The van der Waals surface area contributed by atoms with E-state index in [0.29, 0.717) is 21.6 Å². The Hall–Kier alpha value is -3.89. The summed E-state index contributed by atoms with van der Waals surface area (Å²) < 4.78 is 21.5. The summed E-state index contributed by atoms with van der Waals surface area (Å²) in [6, 6.07) is 15.4. The lowest BCUT2D eigenvalue weighted by atomic mass is 10.1. The number of aromatic nitrogens is 2. The number of para-hydroxylation sites is 1. The van der Waals surface area contributed by atoms with Crippen molar-refractivity contribution in [1.29, 1.82) is 0 Å². The summed E-state index contributed by atoms with van der Waals surface area (Å²) in [5.41, 5.74) is 0.0576. The summed E-state index contributed by atoms with van der Waals surface area (Å²) in [4.78, 5) is 38.3. The first kappa shape index (κ1) is 24.2. The molecule has 0 atom stereocenters. The van der Waals surface area contributed by atoms with Gasteiger partial charge in [-0.15, -0.1) is 4.73 Å². The molecule has 0 spiro atoms. The van der Waals surface area contributed by atoms with Gasteiger partial charge in [0.05, 0.1) is 25.6 Å². The van der Waals surface area contributed by atoms with Gasteiger partial charge in [-0.2, -0.15) is 0 Å². The van der Waals surface area contributed by atoms with Crippen molar-refractivity contribution < 1.29 is 33.9 Å². The topological polar surface area (TPSA) is 169 Å². The van der Waals surface area contributed by atoms with Crippen LogP contribution in [-0.4, -0.2) is 20.0 Å². The van der Waals surface area contributed by atoms with Crippen molar-refractivity contribution >= 4 is 24.4 Å². The molecule has 0 aliphatic carbocycles. The summed E-state index contributed by atoms with van der Waals surface area (Å²) in [5, 5.41) is 24.1. The van der Waals surface area contributed by atoms with E-state index in [2.05, 4.69) is 14.8 Å². The van der Waals surface area contributed by atoms with Crippen LogP contribution in [0.5, 0.6) is 17.2 Å². The summed E-state index contributed by atoms with van der Waals surface area (Å²) in [5.74, 6) is 0.838. The molecular formula is C23H20N3O8P-2. The Bertz CT molecular complexity index is 1480. The van der Waals surface area contributed by atoms with Crippen LogP contribution in [0.4, 0.5) is 5.69 Å². The third-order valence-corrected chi connectivity index (χ3v) is 5.64. The molecule has 4 rings (SSSR count). The monoisotopic (exact) mass is 497 g/mol. The zero-order valence-electron chi connectivity index (χ0n) is 18.4. The molecule has 3 N–H and O–H groups in total.